The fraction of sp³-hybridized carbons (Fsp3) is 0.750. The SMILES string of the molecule is C=C[C@]1(C)CC[C@@H](C(C)(C)OC(C)=O)O1. The van der Waals surface area contributed by atoms with Crippen LogP contribution in [-0.2, 0) is 14.3 Å². The van der Waals surface area contributed by atoms with E-state index in [1.54, 1.807) is 0 Å². The highest BCUT2D eigenvalue weighted by Gasteiger charge is 2.43. The summed E-state index contributed by atoms with van der Waals surface area (Å²) in [6.07, 6.45) is 3.58. The molecule has 1 rings (SSSR count). The molecule has 0 unspecified atom stereocenters. The second-order valence-electron chi connectivity index (χ2n) is 4.86. The Morgan fingerprint density at radius 1 is 1.67 bits per heavy atom. The van der Waals surface area contributed by atoms with Gasteiger partial charge in [0.25, 0.3) is 0 Å². The van der Waals surface area contributed by atoms with E-state index in [-0.39, 0.29) is 17.7 Å². The molecule has 86 valence electrons. The van der Waals surface area contributed by atoms with Crippen molar-refractivity contribution < 1.29 is 14.3 Å². The molecule has 0 aliphatic carbocycles. The molecule has 0 spiro atoms. The second-order valence-corrected chi connectivity index (χ2v) is 4.86. The van der Waals surface area contributed by atoms with E-state index in [9.17, 15) is 4.79 Å². The van der Waals surface area contributed by atoms with Crippen LogP contribution < -0.4 is 0 Å². The minimum atomic E-state index is -0.563. The first-order chi connectivity index (χ1) is 6.79. The van der Waals surface area contributed by atoms with Gasteiger partial charge in [-0.1, -0.05) is 6.08 Å². The predicted octanol–water partition coefficient (Wildman–Crippen LogP) is 2.45. The molecule has 0 amide bonds. The molecule has 1 aliphatic rings. The van der Waals surface area contributed by atoms with Crippen LogP contribution in [-0.4, -0.2) is 23.3 Å². The first kappa shape index (κ1) is 12.2. The molecule has 0 saturated carbocycles. The third-order valence-electron chi connectivity index (χ3n) is 2.93. The number of carbonyl (C=O) groups is 1. The maximum absolute atomic E-state index is 10.9. The summed E-state index contributed by atoms with van der Waals surface area (Å²) in [5.41, 5.74) is -0.839. The number of rotatable bonds is 3. The fourth-order valence-electron chi connectivity index (χ4n) is 1.94. The molecule has 1 aliphatic heterocycles. The van der Waals surface area contributed by atoms with E-state index in [0.717, 1.165) is 12.8 Å². The van der Waals surface area contributed by atoms with E-state index < -0.39 is 5.60 Å². The van der Waals surface area contributed by atoms with Crippen molar-refractivity contribution in [1.82, 2.24) is 0 Å². The van der Waals surface area contributed by atoms with Gasteiger partial charge in [-0.25, -0.2) is 0 Å². The zero-order chi connectivity index (χ0) is 11.7. The van der Waals surface area contributed by atoms with E-state index in [4.69, 9.17) is 9.47 Å². The fourth-order valence-corrected chi connectivity index (χ4v) is 1.94. The van der Waals surface area contributed by atoms with Crippen molar-refractivity contribution in [3.8, 4) is 0 Å². The van der Waals surface area contributed by atoms with Gasteiger partial charge in [0.05, 0.1) is 11.7 Å². The highest BCUT2D eigenvalue weighted by atomic mass is 16.6. The molecule has 3 heteroatoms. The lowest BCUT2D eigenvalue weighted by Crippen LogP contribution is -2.41. The quantitative estimate of drug-likeness (QED) is 0.532. The molecule has 0 radical (unpaired) electrons. The summed E-state index contributed by atoms with van der Waals surface area (Å²) in [7, 11) is 0. The van der Waals surface area contributed by atoms with Gasteiger partial charge in [0, 0.05) is 6.92 Å². The topological polar surface area (TPSA) is 35.5 Å². The van der Waals surface area contributed by atoms with E-state index >= 15 is 0 Å². The van der Waals surface area contributed by atoms with Crippen LogP contribution in [0, 0.1) is 0 Å². The van der Waals surface area contributed by atoms with Crippen LogP contribution in [0.3, 0.4) is 0 Å². The van der Waals surface area contributed by atoms with Gasteiger partial charge in [-0.15, -0.1) is 6.58 Å². The van der Waals surface area contributed by atoms with Crippen LogP contribution >= 0.6 is 0 Å². The Morgan fingerprint density at radius 2 is 2.27 bits per heavy atom. The van der Waals surface area contributed by atoms with Gasteiger partial charge in [-0.2, -0.15) is 0 Å². The van der Waals surface area contributed by atoms with Gasteiger partial charge in [-0.05, 0) is 33.6 Å². The third kappa shape index (κ3) is 2.81. The molecular formula is C12H20O3. The first-order valence-electron chi connectivity index (χ1n) is 5.30. The van der Waals surface area contributed by atoms with Crippen molar-refractivity contribution in [3.63, 3.8) is 0 Å². The molecule has 3 nitrogen and oxygen atoms in total. The second kappa shape index (κ2) is 3.97. The molecule has 0 aromatic rings. The van der Waals surface area contributed by atoms with Crippen LogP contribution in [0.5, 0.6) is 0 Å². The van der Waals surface area contributed by atoms with Gasteiger partial charge >= 0.3 is 5.97 Å². The van der Waals surface area contributed by atoms with Crippen molar-refractivity contribution in [2.75, 3.05) is 0 Å². The van der Waals surface area contributed by atoms with Gasteiger partial charge in [0.2, 0.25) is 0 Å². The minimum Gasteiger partial charge on any atom is -0.457 e. The normalized spacial score (nSPS) is 31.3. The van der Waals surface area contributed by atoms with Crippen molar-refractivity contribution in [2.45, 2.75) is 57.8 Å². The van der Waals surface area contributed by atoms with Gasteiger partial charge < -0.3 is 9.47 Å². The maximum atomic E-state index is 10.9. The highest BCUT2D eigenvalue weighted by molar-refractivity contribution is 5.66. The average molecular weight is 212 g/mol. The number of esters is 1. The standard InChI is InChI=1S/C12H20O3/c1-6-12(5)8-7-10(15-12)11(3,4)14-9(2)13/h6,10H,1,7-8H2,2-5H3/t10-,12+/m0/s1. The number of hydrogen-bond donors (Lipinski definition) is 0. The number of ether oxygens (including phenoxy) is 2. The monoisotopic (exact) mass is 212 g/mol. The third-order valence-corrected chi connectivity index (χ3v) is 2.93. The minimum absolute atomic E-state index is 0.0515. The number of hydrogen-bond acceptors (Lipinski definition) is 3. The van der Waals surface area contributed by atoms with Gasteiger partial charge in [0.1, 0.15) is 5.60 Å². The van der Waals surface area contributed by atoms with Crippen LogP contribution in [0.1, 0.15) is 40.5 Å². The lowest BCUT2D eigenvalue weighted by atomic mass is 9.96. The van der Waals surface area contributed by atoms with E-state index in [0.29, 0.717) is 0 Å². The molecule has 2 atom stereocenters. The molecule has 1 heterocycles. The summed E-state index contributed by atoms with van der Waals surface area (Å²) >= 11 is 0. The van der Waals surface area contributed by atoms with E-state index in [1.165, 1.54) is 6.92 Å². The largest absolute Gasteiger partial charge is 0.457 e. The molecule has 1 fully saturated rings. The Bertz CT molecular complexity index is 270. The zero-order valence-corrected chi connectivity index (χ0v) is 10.0. The zero-order valence-electron chi connectivity index (χ0n) is 10.0. The molecule has 15 heavy (non-hydrogen) atoms. The highest BCUT2D eigenvalue weighted by Crippen LogP contribution is 2.37. The summed E-state index contributed by atoms with van der Waals surface area (Å²) < 4.78 is 11.1. The van der Waals surface area contributed by atoms with Crippen molar-refractivity contribution in [2.24, 2.45) is 0 Å². The van der Waals surface area contributed by atoms with Crippen LogP contribution in [0.15, 0.2) is 12.7 Å². The first-order valence-corrected chi connectivity index (χ1v) is 5.30. The molecule has 0 aromatic carbocycles. The molecular weight excluding hydrogens is 192 g/mol. The Labute approximate surface area is 91.4 Å². The lowest BCUT2D eigenvalue weighted by Gasteiger charge is -2.32. The van der Waals surface area contributed by atoms with E-state index in [1.807, 2.05) is 26.8 Å². The summed E-state index contributed by atoms with van der Waals surface area (Å²) in [5.74, 6) is -0.268. The Morgan fingerprint density at radius 3 is 2.67 bits per heavy atom. The summed E-state index contributed by atoms with van der Waals surface area (Å²) in [4.78, 5) is 10.9. The van der Waals surface area contributed by atoms with E-state index in [2.05, 4.69) is 6.58 Å². The average Bonchev–Trinajstić information content (AvgIpc) is 2.47. The number of carbonyl (C=O) groups excluding carboxylic acids is 1. The van der Waals surface area contributed by atoms with Gasteiger partial charge in [0.15, 0.2) is 0 Å². The molecule has 0 N–H and O–H groups in total. The lowest BCUT2D eigenvalue weighted by molar-refractivity contribution is -0.171. The molecule has 0 aromatic heterocycles. The smallest absolute Gasteiger partial charge is 0.303 e. The van der Waals surface area contributed by atoms with Crippen LogP contribution in [0.4, 0.5) is 0 Å². The summed E-state index contributed by atoms with van der Waals surface area (Å²) in [5, 5.41) is 0. The molecule has 0 bridgehead atoms. The Hall–Kier alpha value is -0.830. The Kier molecular flexibility index (Phi) is 3.24. The Balaban J connectivity index is 2.67. The van der Waals surface area contributed by atoms with Crippen LogP contribution in [0.25, 0.3) is 0 Å². The van der Waals surface area contributed by atoms with Crippen molar-refractivity contribution >= 4 is 5.97 Å². The van der Waals surface area contributed by atoms with Gasteiger partial charge in [-0.3, -0.25) is 4.79 Å². The molecule has 1 saturated heterocycles. The van der Waals surface area contributed by atoms with Crippen molar-refractivity contribution in [3.05, 3.63) is 12.7 Å². The summed E-state index contributed by atoms with van der Waals surface area (Å²) in [6, 6.07) is 0. The summed E-state index contributed by atoms with van der Waals surface area (Å²) in [6.45, 7) is 10.9. The predicted molar refractivity (Wildman–Crippen MR) is 58.6 cm³/mol. The maximum Gasteiger partial charge on any atom is 0.303 e. The van der Waals surface area contributed by atoms with Crippen LogP contribution in [0.2, 0.25) is 0 Å². The van der Waals surface area contributed by atoms with Crippen molar-refractivity contribution in [1.29, 1.82) is 0 Å².